The first-order chi connectivity index (χ1) is 6.56. The largest absolute Gasteiger partial charge is 0.434 e. The number of benzene rings is 1. The molecule has 0 atom stereocenters. The zero-order valence-corrected chi connectivity index (χ0v) is 6.74. The van der Waals surface area contributed by atoms with Crippen molar-refractivity contribution in [2.24, 2.45) is 0 Å². The van der Waals surface area contributed by atoms with Gasteiger partial charge in [-0.1, -0.05) is 0 Å². The molecule has 0 aliphatic rings. The Morgan fingerprint density at radius 1 is 1.21 bits per heavy atom. The van der Waals surface area contributed by atoms with Gasteiger partial charge in [0.15, 0.2) is 11.6 Å². The van der Waals surface area contributed by atoms with Gasteiger partial charge in [0.25, 0.3) is 0 Å². The van der Waals surface area contributed by atoms with Gasteiger partial charge in [-0.25, -0.2) is 13.2 Å². The molecule has 0 unspecified atom stereocenters. The first-order valence-corrected chi connectivity index (χ1v) is 3.54. The van der Waals surface area contributed by atoms with E-state index in [-0.39, 0.29) is 0 Å². The van der Waals surface area contributed by atoms with Crippen molar-refractivity contribution in [1.82, 2.24) is 0 Å². The Bertz CT molecular complexity index is 326. The summed E-state index contributed by atoms with van der Waals surface area (Å²) in [5, 5.41) is 0. The Kier molecular flexibility index (Phi) is 3.27. The Balaban J connectivity index is 3.10. The van der Waals surface area contributed by atoms with Crippen molar-refractivity contribution in [1.29, 1.82) is 0 Å². The van der Waals surface area contributed by atoms with Crippen LogP contribution in [-0.4, -0.2) is 6.61 Å². The van der Waals surface area contributed by atoms with E-state index in [1.807, 2.05) is 0 Å². The SMILES string of the molecule is FCc1c(OC(F)F)ccc(F)c1F. The summed E-state index contributed by atoms with van der Waals surface area (Å²) in [4.78, 5) is 0. The van der Waals surface area contributed by atoms with Gasteiger partial charge in [0.05, 0.1) is 5.56 Å². The molecule has 78 valence electrons. The molecule has 0 spiro atoms. The van der Waals surface area contributed by atoms with E-state index in [0.717, 1.165) is 6.07 Å². The van der Waals surface area contributed by atoms with Crippen molar-refractivity contribution in [3.63, 3.8) is 0 Å². The van der Waals surface area contributed by atoms with Crippen LogP contribution >= 0.6 is 0 Å². The molecule has 0 aromatic heterocycles. The molecule has 0 aliphatic carbocycles. The van der Waals surface area contributed by atoms with Crippen molar-refractivity contribution in [2.45, 2.75) is 13.3 Å². The van der Waals surface area contributed by atoms with Crippen LogP contribution in [0.4, 0.5) is 22.0 Å². The predicted molar refractivity (Wildman–Crippen MR) is 37.8 cm³/mol. The molecule has 1 aromatic rings. The Labute approximate surface area is 76.1 Å². The highest BCUT2D eigenvalue weighted by molar-refractivity contribution is 5.34. The fourth-order valence-electron chi connectivity index (χ4n) is 0.906. The van der Waals surface area contributed by atoms with E-state index in [1.165, 1.54) is 0 Å². The number of halogens is 5. The Hall–Kier alpha value is -1.33. The summed E-state index contributed by atoms with van der Waals surface area (Å²) >= 11 is 0. The highest BCUT2D eigenvalue weighted by Crippen LogP contribution is 2.26. The van der Waals surface area contributed by atoms with E-state index < -0.39 is 36.2 Å². The lowest BCUT2D eigenvalue weighted by atomic mass is 10.2. The van der Waals surface area contributed by atoms with Crippen LogP contribution in [0, 0.1) is 11.6 Å². The van der Waals surface area contributed by atoms with E-state index in [4.69, 9.17) is 0 Å². The third-order valence-corrected chi connectivity index (χ3v) is 1.50. The summed E-state index contributed by atoms with van der Waals surface area (Å²) in [6, 6.07) is 1.34. The summed E-state index contributed by atoms with van der Waals surface area (Å²) < 4.78 is 64.6. The lowest BCUT2D eigenvalue weighted by molar-refractivity contribution is -0.0509. The highest BCUT2D eigenvalue weighted by Gasteiger charge is 2.16. The predicted octanol–water partition coefficient (Wildman–Crippen LogP) is 3.04. The van der Waals surface area contributed by atoms with Crippen LogP contribution in [0.5, 0.6) is 5.75 Å². The molecule has 1 rings (SSSR count). The summed E-state index contributed by atoms with van der Waals surface area (Å²) in [6.45, 7) is -4.61. The molecule has 6 heteroatoms. The number of rotatable bonds is 3. The number of hydrogen-bond donors (Lipinski definition) is 0. The molecule has 0 N–H and O–H groups in total. The minimum absolute atomic E-state index is 0.589. The molecule has 0 fully saturated rings. The van der Waals surface area contributed by atoms with Gasteiger partial charge in [-0.05, 0) is 12.1 Å². The number of alkyl halides is 3. The fourth-order valence-corrected chi connectivity index (χ4v) is 0.906. The van der Waals surface area contributed by atoms with E-state index in [0.29, 0.717) is 6.07 Å². The first kappa shape index (κ1) is 10.7. The summed E-state index contributed by atoms with van der Waals surface area (Å²) in [6.07, 6.45) is 0. The average Bonchev–Trinajstić information content (AvgIpc) is 2.11. The van der Waals surface area contributed by atoms with Gasteiger partial charge >= 0.3 is 6.61 Å². The van der Waals surface area contributed by atoms with Crippen LogP contribution in [0.2, 0.25) is 0 Å². The minimum Gasteiger partial charge on any atom is -0.434 e. The highest BCUT2D eigenvalue weighted by atomic mass is 19.3. The van der Waals surface area contributed by atoms with Gasteiger partial charge in [0.2, 0.25) is 0 Å². The maximum Gasteiger partial charge on any atom is 0.387 e. The second-order valence-corrected chi connectivity index (χ2v) is 2.35. The molecular formula is C8H5F5O. The van der Waals surface area contributed by atoms with Crippen LogP contribution in [0.1, 0.15) is 5.56 Å². The molecule has 1 aromatic carbocycles. The summed E-state index contributed by atoms with van der Waals surface area (Å²) in [5.41, 5.74) is -0.842. The van der Waals surface area contributed by atoms with Crippen molar-refractivity contribution in [2.75, 3.05) is 0 Å². The van der Waals surface area contributed by atoms with Crippen LogP contribution in [0.25, 0.3) is 0 Å². The van der Waals surface area contributed by atoms with Gasteiger partial charge in [0, 0.05) is 0 Å². The van der Waals surface area contributed by atoms with Gasteiger partial charge in [-0.2, -0.15) is 8.78 Å². The van der Waals surface area contributed by atoms with Gasteiger partial charge in [0.1, 0.15) is 12.4 Å². The molecule has 14 heavy (non-hydrogen) atoms. The van der Waals surface area contributed by atoms with Crippen LogP contribution < -0.4 is 4.74 Å². The van der Waals surface area contributed by atoms with Crippen molar-refractivity contribution in [3.05, 3.63) is 29.3 Å². The minimum atomic E-state index is -3.20. The second kappa shape index (κ2) is 4.26. The quantitative estimate of drug-likeness (QED) is 0.699. The fraction of sp³-hybridized carbons (Fsp3) is 0.250. The number of hydrogen-bond acceptors (Lipinski definition) is 1. The second-order valence-electron chi connectivity index (χ2n) is 2.35. The van der Waals surface area contributed by atoms with E-state index >= 15 is 0 Å². The van der Waals surface area contributed by atoms with Gasteiger partial charge in [-0.3, -0.25) is 0 Å². The molecule has 0 saturated heterocycles. The van der Waals surface area contributed by atoms with Gasteiger partial charge < -0.3 is 4.74 Å². The van der Waals surface area contributed by atoms with E-state index in [1.54, 1.807) is 0 Å². The molecule has 0 heterocycles. The molecule has 0 aliphatic heterocycles. The molecule has 0 radical (unpaired) electrons. The molecule has 1 nitrogen and oxygen atoms in total. The molecular weight excluding hydrogens is 207 g/mol. The molecule has 0 saturated carbocycles. The molecule has 0 bridgehead atoms. The zero-order chi connectivity index (χ0) is 10.7. The lowest BCUT2D eigenvalue weighted by Gasteiger charge is -2.09. The van der Waals surface area contributed by atoms with Crippen molar-refractivity contribution in [3.8, 4) is 5.75 Å². The van der Waals surface area contributed by atoms with Crippen LogP contribution in [0.15, 0.2) is 12.1 Å². The monoisotopic (exact) mass is 212 g/mol. The maximum atomic E-state index is 12.8. The van der Waals surface area contributed by atoms with Crippen LogP contribution in [-0.2, 0) is 6.67 Å². The maximum absolute atomic E-state index is 12.8. The normalized spacial score (nSPS) is 10.7. The lowest BCUT2D eigenvalue weighted by Crippen LogP contribution is -2.06. The Morgan fingerprint density at radius 2 is 1.86 bits per heavy atom. The first-order valence-electron chi connectivity index (χ1n) is 3.54. The topological polar surface area (TPSA) is 9.23 Å². The average molecular weight is 212 g/mol. The number of ether oxygens (including phenoxy) is 1. The standard InChI is InChI=1S/C8H5F5O/c9-3-4-6(14-8(12)13)2-1-5(10)7(4)11/h1-2,8H,3H2. The van der Waals surface area contributed by atoms with Gasteiger partial charge in [-0.15, -0.1) is 0 Å². The molecule has 0 amide bonds. The Morgan fingerprint density at radius 3 is 2.36 bits per heavy atom. The summed E-state index contributed by atoms with van der Waals surface area (Å²) in [7, 11) is 0. The van der Waals surface area contributed by atoms with Crippen molar-refractivity contribution >= 4 is 0 Å². The third kappa shape index (κ3) is 2.12. The smallest absolute Gasteiger partial charge is 0.387 e. The van der Waals surface area contributed by atoms with E-state index in [2.05, 4.69) is 4.74 Å². The van der Waals surface area contributed by atoms with Crippen molar-refractivity contribution < 1.29 is 26.7 Å². The summed E-state index contributed by atoms with van der Waals surface area (Å²) in [5.74, 6) is -3.51. The zero-order valence-electron chi connectivity index (χ0n) is 6.74. The van der Waals surface area contributed by atoms with Crippen LogP contribution in [0.3, 0.4) is 0 Å². The van der Waals surface area contributed by atoms with E-state index in [9.17, 15) is 22.0 Å². The third-order valence-electron chi connectivity index (χ3n) is 1.50.